The van der Waals surface area contributed by atoms with Crippen molar-refractivity contribution in [3.63, 3.8) is 0 Å². The second-order valence-electron chi connectivity index (χ2n) is 7.79. The fourth-order valence-corrected chi connectivity index (χ4v) is 4.48. The highest BCUT2D eigenvalue weighted by atomic mass is 32.2. The molecule has 2 atom stereocenters. The third kappa shape index (κ3) is 4.36. The largest absolute Gasteiger partial charge is 0.389 e. The number of hydrogen-bond acceptors (Lipinski definition) is 4. The molecule has 2 rings (SSSR count). The Hall–Kier alpha value is 0.230. The van der Waals surface area contributed by atoms with Gasteiger partial charge in [-0.25, -0.2) is 0 Å². The monoisotopic (exact) mass is 301 g/mol. The van der Waals surface area contributed by atoms with Crippen LogP contribution in [0, 0.1) is 5.92 Å². The maximum Gasteiger partial charge on any atom is 0.0773 e. The molecule has 2 N–H and O–H groups in total. The van der Waals surface area contributed by atoms with Gasteiger partial charge >= 0.3 is 0 Å². The third-order valence-corrected chi connectivity index (χ3v) is 5.74. The molecule has 2 aliphatic heterocycles. The average Bonchev–Trinajstić information content (AvgIpc) is 2.37. The first-order chi connectivity index (χ1) is 9.23. The van der Waals surface area contributed by atoms with Crippen LogP contribution in [-0.4, -0.2) is 46.5 Å². The highest BCUT2D eigenvalue weighted by molar-refractivity contribution is 7.99. The fourth-order valence-electron chi connectivity index (χ4n) is 3.24. The van der Waals surface area contributed by atoms with E-state index in [0.717, 1.165) is 32.3 Å². The zero-order valence-electron chi connectivity index (χ0n) is 13.5. The minimum Gasteiger partial charge on any atom is -0.389 e. The van der Waals surface area contributed by atoms with Crippen LogP contribution in [-0.2, 0) is 4.74 Å². The molecule has 0 aromatic rings. The van der Waals surface area contributed by atoms with Crippen molar-refractivity contribution >= 4 is 11.8 Å². The molecule has 20 heavy (non-hydrogen) atoms. The third-order valence-electron chi connectivity index (χ3n) is 4.75. The van der Waals surface area contributed by atoms with E-state index in [0.29, 0.717) is 12.5 Å². The number of β-amino-alcohol motifs (C(OH)–C–C–N with tert-alkyl or cyclic N) is 1. The van der Waals surface area contributed by atoms with Gasteiger partial charge in [0.25, 0.3) is 0 Å². The topological polar surface area (TPSA) is 41.5 Å². The molecule has 0 saturated carbocycles. The summed E-state index contributed by atoms with van der Waals surface area (Å²) in [6.45, 7) is 9.90. The molecule has 2 aliphatic rings. The summed E-state index contributed by atoms with van der Waals surface area (Å²) in [5.74, 6) is 2.75. The van der Waals surface area contributed by atoms with Gasteiger partial charge in [0.1, 0.15) is 0 Å². The molecule has 4 heteroatoms. The minimum absolute atomic E-state index is 0.0499. The molecule has 0 radical (unpaired) electrons. The van der Waals surface area contributed by atoms with Gasteiger partial charge in [-0.1, -0.05) is 0 Å². The van der Waals surface area contributed by atoms with Crippen LogP contribution in [0.4, 0.5) is 0 Å². The van der Waals surface area contributed by atoms with Gasteiger partial charge in [-0.15, -0.1) is 0 Å². The molecule has 0 bridgehead atoms. The van der Waals surface area contributed by atoms with Crippen LogP contribution >= 0.6 is 11.8 Å². The zero-order valence-corrected chi connectivity index (χ0v) is 14.3. The van der Waals surface area contributed by atoms with E-state index in [1.165, 1.54) is 11.5 Å². The number of rotatable bonds is 3. The van der Waals surface area contributed by atoms with Gasteiger partial charge in [0, 0.05) is 18.7 Å². The predicted octanol–water partition coefficient (Wildman–Crippen LogP) is 2.82. The van der Waals surface area contributed by atoms with Crippen molar-refractivity contribution in [1.29, 1.82) is 0 Å². The Labute approximate surface area is 128 Å². The molecule has 2 saturated heterocycles. The Morgan fingerprint density at radius 1 is 1.25 bits per heavy atom. The molecular formula is C16H31NO2S. The van der Waals surface area contributed by atoms with E-state index >= 15 is 0 Å². The number of hydrogen-bond donors (Lipinski definition) is 2. The number of ether oxygens (including phenoxy) is 1. The molecule has 1 spiro atoms. The highest BCUT2D eigenvalue weighted by Gasteiger charge is 2.44. The summed E-state index contributed by atoms with van der Waals surface area (Å²) in [6.07, 6.45) is 4.30. The molecule has 0 amide bonds. The molecular weight excluding hydrogens is 270 g/mol. The SMILES string of the molecule is CC(C)(C)NCC(C)(O)C1CCOC2(CCSCC2)C1. The quantitative estimate of drug-likeness (QED) is 0.841. The average molecular weight is 301 g/mol. The zero-order chi connectivity index (χ0) is 14.9. The molecule has 0 aliphatic carbocycles. The van der Waals surface area contributed by atoms with Crippen molar-refractivity contribution in [2.24, 2.45) is 5.92 Å². The molecule has 0 aromatic heterocycles. The molecule has 3 nitrogen and oxygen atoms in total. The van der Waals surface area contributed by atoms with Crippen LogP contribution in [0.1, 0.15) is 53.4 Å². The molecule has 0 aromatic carbocycles. The summed E-state index contributed by atoms with van der Waals surface area (Å²) in [5, 5.41) is 14.3. The maximum atomic E-state index is 10.9. The molecule has 118 valence electrons. The van der Waals surface area contributed by atoms with Crippen molar-refractivity contribution in [2.75, 3.05) is 24.7 Å². The van der Waals surface area contributed by atoms with Gasteiger partial charge in [0.15, 0.2) is 0 Å². The second kappa shape index (κ2) is 6.15. The lowest BCUT2D eigenvalue weighted by molar-refractivity contribution is -0.141. The first kappa shape index (κ1) is 16.6. The van der Waals surface area contributed by atoms with E-state index in [2.05, 4.69) is 26.1 Å². The van der Waals surface area contributed by atoms with Crippen molar-refractivity contribution in [1.82, 2.24) is 5.32 Å². The Bertz CT molecular complexity index is 313. The number of aliphatic hydroxyl groups is 1. The van der Waals surface area contributed by atoms with Crippen LogP contribution in [0.3, 0.4) is 0 Å². The fraction of sp³-hybridized carbons (Fsp3) is 1.00. The number of thioether (sulfide) groups is 1. The lowest BCUT2D eigenvalue weighted by Crippen LogP contribution is -2.54. The van der Waals surface area contributed by atoms with E-state index < -0.39 is 5.60 Å². The maximum absolute atomic E-state index is 10.9. The lowest BCUT2D eigenvalue weighted by atomic mass is 9.74. The van der Waals surface area contributed by atoms with Gasteiger partial charge in [-0.2, -0.15) is 11.8 Å². The molecule has 2 heterocycles. The Morgan fingerprint density at radius 3 is 2.50 bits per heavy atom. The van der Waals surface area contributed by atoms with Crippen LogP contribution < -0.4 is 5.32 Å². The van der Waals surface area contributed by atoms with Gasteiger partial charge in [0.2, 0.25) is 0 Å². The van der Waals surface area contributed by atoms with Crippen LogP contribution in [0.25, 0.3) is 0 Å². The van der Waals surface area contributed by atoms with E-state index in [-0.39, 0.29) is 11.1 Å². The first-order valence-electron chi connectivity index (χ1n) is 7.92. The smallest absolute Gasteiger partial charge is 0.0773 e. The van der Waals surface area contributed by atoms with Crippen LogP contribution in [0.2, 0.25) is 0 Å². The Morgan fingerprint density at radius 2 is 1.90 bits per heavy atom. The van der Waals surface area contributed by atoms with Crippen LogP contribution in [0.5, 0.6) is 0 Å². The highest BCUT2D eigenvalue weighted by Crippen LogP contribution is 2.42. The second-order valence-corrected chi connectivity index (χ2v) is 9.02. The van der Waals surface area contributed by atoms with Gasteiger partial charge < -0.3 is 15.2 Å². The number of nitrogens with one attached hydrogen (secondary N) is 1. The standard InChI is InChI=1S/C16H31NO2S/c1-14(2,3)17-12-15(4,18)13-5-8-19-16(11-13)6-9-20-10-7-16/h13,17-18H,5-12H2,1-4H3. The van der Waals surface area contributed by atoms with Gasteiger partial charge in [-0.3, -0.25) is 0 Å². The van der Waals surface area contributed by atoms with Crippen molar-refractivity contribution < 1.29 is 9.84 Å². The summed E-state index contributed by atoms with van der Waals surface area (Å²) >= 11 is 2.03. The van der Waals surface area contributed by atoms with E-state index in [9.17, 15) is 5.11 Å². The van der Waals surface area contributed by atoms with Crippen LogP contribution in [0.15, 0.2) is 0 Å². The Balaban J connectivity index is 1.96. The van der Waals surface area contributed by atoms with Crippen molar-refractivity contribution in [2.45, 2.75) is 70.1 Å². The predicted molar refractivity (Wildman–Crippen MR) is 86.3 cm³/mol. The van der Waals surface area contributed by atoms with E-state index in [1.54, 1.807) is 0 Å². The Kier molecular flexibility index (Phi) is 5.11. The lowest BCUT2D eigenvalue weighted by Gasteiger charge is -2.47. The van der Waals surface area contributed by atoms with Gasteiger partial charge in [-0.05, 0) is 70.8 Å². The van der Waals surface area contributed by atoms with Crippen molar-refractivity contribution in [3.8, 4) is 0 Å². The normalized spacial score (nSPS) is 30.1. The summed E-state index contributed by atoms with van der Waals surface area (Å²) in [7, 11) is 0. The summed E-state index contributed by atoms with van der Waals surface area (Å²) in [5.41, 5.74) is -0.539. The molecule has 2 unspecified atom stereocenters. The summed E-state index contributed by atoms with van der Waals surface area (Å²) in [6, 6.07) is 0. The van der Waals surface area contributed by atoms with E-state index in [1.807, 2.05) is 18.7 Å². The minimum atomic E-state index is -0.644. The van der Waals surface area contributed by atoms with Crippen molar-refractivity contribution in [3.05, 3.63) is 0 Å². The molecule has 2 fully saturated rings. The summed E-state index contributed by atoms with van der Waals surface area (Å²) < 4.78 is 6.13. The van der Waals surface area contributed by atoms with Gasteiger partial charge in [0.05, 0.1) is 11.2 Å². The van der Waals surface area contributed by atoms with E-state index in [4.69, 9.17) is 4.74 Å². The first-order valence-corrected chi connectivity index (χ1v) is 9.07. The summed E-state index contributed by atoms with van der Waals surface area (Å²) in [4.78, 5) is 0.